The van der Waals surface area contributed by atoms with Crippen LogP contribution in [0.1, 0.15) is 38.9 Å². The third kappa shape index (κ3) is 2.16. The number of aromatic nitrogens is 1. The van der Waals surface area contributed by atoms with E-state index in [4.69, 9.17) is 0 Å². The summed E-state index contributed by atoms with van der Waals surface area (Å²) in [5, 5.41) is 2.69. The highest BCUT2D eigenvalue weighted by atomic mass is 16.2. The number of carbonyl (C=O) groups is 2. The van der Waals surface area contributed by atoms with Crippen molar-refractivity contribution in [2.45, 2.75) is 13.8 Å². The monoisotopic (exact) mass is 294 g/mol. The fourth-order valence-corrected chi connectivity index (χ4v) is 2.51. The lowest BCUT2D eigenvalue weighted by Crippen LogP contribution is -2.28. The van der Waals surface area contributed by atoms with Crippen molar-refractivity contribution < 1.29 is 9.59 Å². The summed E-state index contributed by atoms with van der Waals surface area (Å²) in [6.07, 6.45) is 0. The standard InChI is InChI=1S/C17H14N2O3/c1-9-7-8-13(16(21)18-9)17(22)19-14-10(2)15(20)12-6-4-3-5-11(12)14/h3-8H,1-2H3,(H,18,21)(H,19,22). The number of fused-ring (bicyclic) bond motifs is 1. The van der Waals surface area contributed by atoms with Crippen molar-refractivity contribution in [2.24, 2.45) is 0 Å². The molecule has 0 aliphatic heterocycles. The van der Waals surface area contributed by atoms with Crippen LogP contribution in [0.25, 0.3) is 5.70 Å². The van der Waals surface area contributed by atoms with Crippen LogP contribution in [0.2, 0.25) is 0 Å². The van der Waals surface area contributed by atoms with Gasteiger partial charge in [0.1, 0.15) is 5.56 Å². The van der Waals surface area contributed by atoms with Crippen LogP contribution in [0.4, 0.5) is 0 Å². The van der Waals surface area contributed by atoms with E-state index in [2.05, 4.69) is 10.3 Å². The van der Waals surface area contributed by atoms with Crippen molar-refractivity contribution in [3.8, 4) is 0 Å². The summed E-state index contributed by atoms with van der Waals surface area (Å²) in [5.74, 6) is -0.635. The van der Waals surface area contributed by atoms with Crippen LogP contribution in [0.5, 0.6) is 0 Å². The van der Waals surface area contributed by atoms with Crippen molar-refractivity contribution >= 4 is 17.4 Å². The summed E-state index contributed by atoms with van der Waals surface area (Å²) < 4.78 is 0. The second-order valence-electron chi connectivity index (χ2n) is 5.21. The third-order valence-electron chi connectivity index (χ3n) is 3.70. The summed E-state index contributed by atoms with van der Waals surface area (Å²) in [6, 6.07) is 10.2. The Kier molecular flexibility index (Phi) is 3.25. The lowest BCUT2D eigenvalue weighted by atomic mass is 10.1. The van der Waals surface area contributed by atoms with Gasteiger partial charge in [-0.1, -0.05) is 24.3 Å². The molecule has 1 amide bonds. The summed E-state index contributed by atoms with van der Waals surface area (Å²) in [4.78, 5) is 38.9. The Morgan fingerprint density at radius 1 is 1.00 bits per heavy atom. The van der Waals surface area contributed by atoms with Gasteiger partial charge in [0.2, 0.25) is 0 Å². The van der Waals surface area contributed by atoms with Crippen LogP contribution < -0.4 is 10.9 Å². The van der Waals surface area contributed by atoms with Gasteiger partial charge in [-0.15, -0.1) is 0 Å². The Balaban J connectivity index is 1.98. The van der Waals surface area contributed by atoms with Crippen molar-refractivity contribution in [3.63, 3.8) is 0 Å². The first-order valence-corrected chi connectivity index (χ1v) is 6.85. The predicted octanol–water partition coefficient (Wildman–Crippen LogP) is 2.04. The lowest BCUT2D eigenvalue weighted by Gasteiger charge is -2.08. The van der Waals surface area contributed by atoms with Gasteiger partial charge in [0.05, 0.1) is 5.70 Å². The fraction of sp³-hybridized carbons (Fsp3) is 0.118. The van der Waals surface area contributed by atoms with E-state index in [1.165, 1.54) is 6.07 Å². The Morgan fingerprint density at radius 2 is 1.68 bits per heavy atom. The number of ketones is 1. The zero-order valence-corrected chi connectivity index (χ0v) is 12.2. The number of hydrogen-bond acceptors (Lipinski definition) is 3. The Bertz CT molecular complexity index is 891. The quantitative estimate of drug-likeness (QED) is 0.889. The molecular weight excluding hydrogens is 280 g/mol. The number of amides is 1. The number of Topliss-reactive ketones (excluding diaryl/α,β-unsaturated/α-hetero) is 1. The van der Waals surface area contributed by atoms with Gasteiger partial charge in [0, 0.05) is 22.4 Å². The Hall–Kier alpha value is -2.95. The molecule has 0 unspecified atom stereocenters. The van der Waals surface area contributed by atoms with Crippen LogP contribution in [0.3, 0.4) is 0 Å². The maximum atomic E-state index is 12.3. The average molecular weight is 294 g/mol. The number of H-pyrrole nitrogens is 1. The number of pyridine rings is 1. The van der Waals surface area contributed by atoms with Crippen LogP contribution in [-0.4, -0.2) is 16.7 Å². The molecule has 2 N–H and O–H groups in total. The summed E-state index contributed by atoms with van der Waals surface area (Å²) in [6.45, 7) is 3.40. The molecule has 0 radical (unpaired) electrons. The van der Waals surface area contributed by atoms with E-state index in [1.54, 1.807) is 44.2 Å². The second kappa shape index (κ2) is 5.11. The van der Waals surface area contributed by atoms with Gasteiger partial charge in [-0.2, -0.15) is 0 Å². The van der Waals surface area contributed by atoms with Gasteiger partial charge >= 0.3 is 0 Å². The summed E-state index contributed by atoms with van der Waals surface area (Å²) >= 11 is 0. The highest BCUT2D eigenvalue weighted by Crippen LogP contribution is 2.30. The molecule has 110 valence electrons. The number of aryl methyl sites for hydroxylation is 1. The molecule has 1 aromatic heterocycles. The Morgan fingerprint density at radius 3 is 2.36 bits per heavy atom. The molecule has 2 aromatic rings. The van der Waals surface area contributed by atoms with Gasteiger partial charge in [-0.05, 0) is 26.0 Å². The number of hydrogen-bond donors (Lipinski definition) is 2. The fourth-order valence-electron chi connectivity index (χ4n) is 2.51. The van der Waals surface area contributed by atoms with Crippen LogP contribution >= 0.6 is 0 Å². The summed E-state index contributed by atoms with van der Waals surface area (Å²) in [5.41, 5.74) is 2.42. The van der Waals surface area contributed by atoms with E-state index < -0.39 is 11.5 Å². The smallest absolute Gasteiger partial charge is 0.261 e. The molecular formula is C17H14N2O3. The molecule has 5 heteroatoms. The van der Waals surface area contributed by atoms with Gasteiger partial charge < -0.3 is 10.3 Å². The van der Waals surface area contributed by atoms with E-state index in [0.717, 1.165) is 0 Å². The van der Waals surface area contributed by atoms with E-state index >= 15 is 0 Å². The molecule has 0 spiro atoms. The zero-order chi connectivity index (χ0) is 15.9. The van der Waals surface area contributed by atoms with E-state index in [9.17, 15) is 14.4 Å². The molecule has 5 nitrogen and oxygen atoms in total. The van der Waals surface area contributed by atoms with Gasteiger partial charge in [-0.3, -0.25) is 14.4 Å². The molecule has 1 aliphatic rings. The molecule has 0 atom stereocenters. The number of benzene rings is 1. The number of allylic oxidation sites excluding steroid dienone is 1. The van der Waals surface area contributed by atoms with Crippen molar-refractivity contribution in [1.29, 1.82) is 0 Å². The first-order chi connectivity index (χ1) is 10.5. The lowest BCUT2D eigenvalue weighted by molar-refractivity contribution is 0.0972. The van der Waals surface area contributed by atoms with Gasteiger partial charge in [0.25, 0.3) is 11.5 Å². The number of aromatic amines is 1. The number of rotatable bonds is 2. The molecule has 0 saturated carbocycles. The van der Waals surface area contributed by atoms with Crippen molar-refractivity contribution in [3.05, 3.63) is 74.7 Å². The largest absolute Gasteiger partial charge is 0.326 e. The highest BCUT2D eigenvalue weighted by Gasteiger charge is 2.27. The maximum Gasteiger partial charge on any atom is 0.261 e. The normalized spacial score (nSPS) is 13.3. The average Bonchev–Trinajstić information content (AvgIpc) is 2.73. The van der Waals surface area contributed by atoms with Crippen molar-refractivity contribution in [2.75, 3.05) is 0 Å². The number of carbonyl (C=O) groups excluding carboxylic acids is 2. The van der Waals surface area contributed by atoms with Gasteiger partial charge in [0.15, 0.2) is 5.78 Å². The van der Waals surface area contributed by atoms with E-state index in [0.29, 0.717) is 28.1 Å². The summed E-state index contributed by atoms with van der Waals surface area (Å²) in [7, 11) is 0. The minimum atomic E-state index is -0.528. The molecule has 1 aromatic carbocycles. The minimum absolute atomic E-state index is 0.0164. The topological polar surface area (TPSA) is 79.0 Å². The van der Waals surface area contributed by atoms with Crippen LogP contribution in [0, 0.1) is 6.92 Å². The molecule has 22 heavy (non-hydrogen) atoms. The van der Waals surface area contributed by atoms with Crippen molar-refractivity contribution in [1.82, 2.24) is 10.3 Å². The highest BCUT2D eigenvalue weighted by molar-refractivity contribution is 6.21. The molecule has 0 saturated heterocycles. The minimum Gasteiger partial charge on any atom is -0.326 e. The first kappa shape index (κ1) is 14.0. The zero-order valence-electron chi connectivity index (χ0n) is 12.2. The maximum absolute atomic E-state index is 12.3. The van der Waals surface area contributed by atoms with E-state index in [1.807, 2.05) is 0 Å². The molecule has 0 fully saturated rings. The van der Waals surface area contributed by atoms with Gasteiger partial charge in [-0.25, -0.2) is 0 Å². The second-order valence-corrected chi connectivity index (χ2v) is 5.21. The third-order valence-corrected chi connectivity index (χ3v) is 3.70. The number of nitrogens with one attached hydrogen (secondary N) is 2. The first-order valence-electron chi connectivity index (χ1n) is 6.85. The SMILES string of the molecule is CC1=C(NC(=O)c2ccc(C)[nH]c2=O)c2ccccc2C1=O. The molecule has 3 rings (SSSR count). The predicted molar refractivity (Wildman–Crippen MR) is 82.6 cm³/mol. The molecule has 1 aliphatic carbocycles. The van der Waals surface area contributed by atoms with Crippen LogP contribution in [0.15, 0.2) is 46.8 Å². The Labute approximate surface area is 126 Å². The molecule has 1 heterocycles. The van der Waals surface area contributed by atoms with E-state index in [-0.39, 0.29) is 11.3 Å². The molecule has 0 bridgehead atoms. The van der Waals surface area contributed by atoms with Crippen LogP contribution in [-0.2, 0) is 0 Å².